The second-order valence-corrected chi connectivity index (χ2v) is 7.11. The third kappa shape index (κ3) is 3.10. The van der Waals surface area contributed by atoms with Crippen LogP contribution >= 0.6 is 11.6 Å². The van der Waals surface area contributed by atoms with Gasteiger partial charge in [-0.25, -0.2) is 9.78 Å². The third-order valence-corrected chi connectivity index (χ3v) is 5.32. The van der Waals surface area contributed by atoms with Gasteiger partial charge in [0, 0.05) is 25.7 Å². The number of carboxylic acid groups (broad SMARTS) is 1. The first-order valence-corrected chi connectivity index (χ1v) is 8.95. The van der Waals surface area contributed by atoms with Gasteiger partial charge in [0.2, 0.25) is 0 Å². The molecule has 2 aliphatic rings. The maximum atomic E-state index is 12.5. The van der Waals surface area contributed by atoms with Crippen LogP contribution in [-0.2, 0) is 0 Å². The van der Waals surface area contributed by atoms with Crippen molar-refractivity contribution in [1.29, 1.82) is 0 Å². The minimum Gasteiger partial charge on any atom is -0.488 e. The summed E-state index contributed by atoms with van der Waals surface area (Å²) >= 11 is 6.23. The van der Waals surface area contributed by atoms with E-state index in [0.29, 0.717) is 35.0 Å². The highest BCUT2D eigenvalue weighted by molar-refractivity contribution is 6.33. The zero-order valence-corrected chi connectivity index (χ0v) is 14.8. The zero-order valence-electron chi connectivity index (χ0n) is 14.0. The predicted molar refractivity (Wildman–Crippen MR) is 96.2 cm³/mol. The minimum absolute atomic E-state index is 0.0127. The van der Waals surface area contributed by atoms with Crippen molar-refractivity contribution < 1.29 is 14.6 Å². The lowest BCUT2D eigenvalue weighted by molar-refractivity contribution is 0.135. The highest BCUT2D eigenvalue weighted by Gasteiger charge is 2.29. The Morgan fingerprint density at radius 2 is 2.15 bits per heavy atom. The molecule has 8 nitrogen and oxygen atoms in total. The summed E-state index contributed by atoms with van der Waals surface area (Å²) < 4.78 is 7.59. The van der Waals surface area contributed by atoms with Gasteiger partial charge in [-0.1, -0.05) is 11.6 Å². The Morgan fingerprint density at radius 1 is 1.38 bits per heavy atom. The average molecular weight is 379 g/mol. The lowest BCUT2D eigenvalue weighted by Gasteiger charge is -2.36. The normalized spacial score (nSPS) is 20.7. The van der Waals surface area contributed by atoms with Crippen molar-refractivity contribution in [1.82, 2.24) is 19.8 Å². The van der Waals surface area contributed by atoms with E-state index in [1.807, 2.05) is 0 Å². The summed E-state index contributed by atoms with van der Waals surface area (Å²) in [5, 5.41) is 11.8. The molecule has 26 heavy (non-hydrogen) atoms. The van der Waals surface area contributed by atoms with Crippen molar-refractivity contribution >= 4 is 28.7 Å². The number of benzene rings is 1. The van der Waals surface area contributed by atoms with E-state index in [1.54, 1.807) is 16.7 Å². The molecule has 0 saturated carbocycles. The molecule has 0 spiro atoms. The van der Waals surface area contributed by atoms with Gasteiger partial charge in [-0.2, -0.15) is 0 Å². The molecule has 1 amide bonds. The molecular formula is C17H19ClN4O4. The summed E-state index contributed by atoms with van der Waals surface area (Å²) in [6, 6.07) is 3.36. The number of ether oxygens (including phenoxy) is 1. The number of nitrogens with one attached hydrogen (secondary N) is 1. The Hall–Kier alpha value is -2.32. The van der Waals surface area contributed by atoms with Gasteiger partial charge in [-0.3, -0.25) is 9.36 Å². The van der Waals surface area contributed by atoms with Crippen LogP contribution in [0.2, 0.25) is 5.02 Å². The maximum absolute atomic E-state index is 12.5. The Labute approximate surface area is 154 Å². The third-order valence-electron chi connectivity index (χ3n) is 5.02. The number of nitrogens with zero attached hydrogens (tertiary/aromatic N) is 3. The lowest BCUT2D eigenvalue weighted by Crippen LogP contribution is -2.47. The molecule has 0 aliphatic carbocycles. The smallest absolute Gasteiger partial charge is 0.404 e. The minimum atomic E-state index is -0.983. The van der Waals surface area contributed by atoms with Gasteiger partial charge in [-0.05, 0) is 25.0 Å². The first-order valence-electron chi connectivity index (χ1n) is 8.57. The summed E-state index contributed by atoms with van der Waals surface area (Å²) in [6.45, 7) is 2.56. The fourth-order valence-corrected chi connectivity index (χ4v) is 4.00. The molecule has 2 aromatic rings. The van der Waals surface area contributed by atoms with E-state index in [4.69, 9.17) is 21.4 Å². The van der Waals surface area contributed by atoms with Crippen molar-refractivity contribution in [2.75, 3.05) is 26.2 Å². The number of amides is 1. The van der Waals surface area contributed by atoms with E-state index in [0.717, 1.165) is 25.9 Å². The highest BCUT2D eigenvalue weighted by Crippen LogP contribution is 2.36. The zero-order chi connectivity index (χ0) is 18.3. The van der Waals surface area contributed by atoms with Crippen LogP contribution in [0.1, 0.15) is 18.9 Å². The van der Waals surface area contributed by atoms with Gasteiger partial charge >= 0.3 is 6.09 Å². The van der Waals surface area contributed by atoms with E-state index in [-0.39, 0.29) is 17.6 Å². The summed E-state index contributed by atoms with van der Waals surface area (Å²) in [6.07, 6.45) is 1.86. The summed E-state index contributed by atoms with van der Waals surface area (Å²) in [5.74, 6) is 0.509. The Balaban J connectivity index is 1.56. The van der Waals surface area contributed by atoms with E-state index in [9.17, 15) is 9.59 Å². The highest BCUT2D eigenvalue weighted by atomic mass is 35.5. The summed E-state index contributed by atoms with van der Waals surface area (Å²) in [7, 11) is 0. The van der Waals surface area contributed by atoms with Gasteiger partial charge in [-0.15, -0.1) is 0 Å². The van der Waals surface area contributed by atoms with Gasteiger partial charge in [0.05, 0.1) is 22.8 Å². The molecule has 1 saturated heterocycles. The molecule has 0 radical (unpaired) electrons. The van der Waals surface area contributed by atoms with Crippen LogP contribution in [0.15, 0.2) is 23.1 Å². The molecule has 2 N–H and O–H groups in total. The van der Waals surface area contributed by atoms with Crippen LogP contribution in [0, 0.1) is 0 Å². The van der Waals surface area contributed by atoms with E-state index >= 15 is 0 Å². The molecular weight excluding hydrogens is 360 g/mol. The van der Waals surface area contributed by atoms with Gasteiger partial charge in [0.1, 0.15) is 12.1 Å². The molecule has 1 fully saturated rings. The van der Waals surface area contributed by atoms with Crippen molar-refractivity contribution in [2.24, 2.45) is 0 Å². The molecule has 3 heterocycles. The van der Waals surface area contributed by atoms with Crippen LogP contribution in [0.25, 0.3) is 11.0 Å². The molecule has 1 atom stereocenters. The molecule has 1 aromatic carbocycles. The molecule has 4 rings (SSSR count). The molecule has 0 bridgehead atoms. The van der Waals surface area contributed by atoms with Crippen molar-refractivity contribution in [2.45, 2.75) is 24.9 Å². The van der Waals surface area contributed by atoms with Crippen LogP contribution in [0.4, 0.5) is 4.79 Å². The first-order chi connectivity index (χ1) is 12.5. The quantitative estimate of drug-likeness (QED) is 0.844. The molecule has 138 valence electrons. The second kappa shape index (κ2) is 6.77. The largest absolute Gasteiger partial charge is 0.488 e. The number of likely N-dealkylation sites (tertiary alicyclic amines) is 1. The van der Waals surface area contributed by atoms with E-state index in [1.165, 1.54) is 6.20 Å². The number of aromatic nitrogens is 2. The van der Waals surface area contributed by atoms with Gasteiger partial charge in [0.25, 0.3) is 5.56 Å². The Morgan fingerprint density at radius 3 is 2.88 bits per heavy atom. The number of hydrogen-bond acceptors (Lipinski definition) is 5. The lowest BCUT2D eigenvalue weighted by atomic mass is 10.0. The Kier molecular flexibility index (Phi) is 4.46. The van der Waals surface area contributed by atoms with Crippen LogP contribution in [0.3, 0.4) is 0 Å². The number of piperidine rings is 1. The van der Waals surface area contributed by atoms with Gasteiger partial charge in [0.15, 0.2) is 5.75 Å². The van der Waals surface area contributed by atoms with Crippen molar-refractivity contribution in [3.63, 3.8) is 0 Å². The molecule has 1 aromatic heterocycles. The fraction of sp³-hybridized carbons (Fsp3) is 0.471. The number of hydrogen-bond donors (Lipinski definition) is 2. The van der Waals surface area contributed by atoms with Crippen molar-refractivity contribution in [3.05, 3.63) is 33.7 Å². The topological polar surface area (TPSA) is 96.7 Å². The first kappa shape index (κ1) is 17.1. The molecule has 9 heteroatoms. The number of rotatable bonds is 3. The van der Waals surface area contributed by atoms with Gasteiger partial charge < -0.3 is 20.1 Å². The standard InChI is InChI=1S/C17H19ClN4O4/c18-12-1-2-13-15-16(12)26-9-11(22(15)14(23)7-19-13)8-21-5-3-10(4-6-21)20-17(24)25/h1-2,7,10-11,20H,3-6,8-9H2,(H,24,25). The molecule has 1 unspecified atom stereocenters. The van der Waals surface area contributed by atoms with Crippen molar-refractivity contribution in [3.8, 4) is 5.75 Å². The van der Waals surface area contributed by atoms with E-state index < -0.39 is 6.09 Å². The average Bonchev–Trinajstić information content (AvgIpc) is 2.62. The van der Waals surface area contributed by atoms with Crippen LogP contribution in [-0.4, -0.2) is 57.9 Å². The fourth-order valence-electron chi connectivity index (χ4n) is 3.79. The maximum Gasteiger partial charge on any atom is 0.404 e. The monoisotopic (exact) mass is 378 g/mol. The molecule has 2 aliphatic heterocycles. The van der Waals surface area contributed by atoms with Crippen LogP contribution in [0.5, 0.6) is 5.75 Å². The SMILES string of the molecule is O=C(O)NC1CCN(CC2COc3c(Cl)ccc4ncc(=O)n2c34)CC1. The Bertz CT molecular complexity index is 908. The van der Waals surface area contributed by atoms with Crippen LogP contribution < -0.4 is 15.6 Å². The van der Waals surface area contributed by atoms with E-state index in [2.05, 4.69) is 15.2 Å². The number of carbonyl (C=O) groups is 1. The summed E-state index contributed by atoms with van der Waals surface area (Å²) in [4.78, 5) is 29.7. The summed E-state index contributed by atoms with van der Waals surface area (Å²) in [5.41, 5.74) is 1.15. The number of halogens is 1. The predicted octanol–water partition coefficient (Wildman–Crippen LogP) is 1.72. The second-order valence-electron chi connectivity index (χ2n) is 6.70.